The second kappa shape index (κ2) is 5.21. The first-order chi connectivity index (χ1) is 13.3. The van der Waals surface area contributed by atoms with Crippen LogP contribution < -0.4 is 5.73 Å². The summed E-state index contributed by atoms with van der Waals surface area (Å²) in [6, 6.07) is 32.6. The predicted octanol–water partition coefficient (Wildman–Crippen LogP) is 6.99. The fraction of sp³-hybridized carbons (Fsp3) is 0. The van der Waals surface area contributed by atoms with Gasteiger partial charge < -0.3 is 5.73 Å². The van der Waals surface area contributed by atoms with E-state index in [1.807, 2.05) is 12.1 Å². The normalized spacial score (nSPS) is 11.9. The number of benzene rings is 6. The van der Waals surface area contributed by atoms with Gasteiger partial charge in [-0.25, -0.2) is 0 Å². The van der Waals surface area contributed by atoms with Crippen LogP contribution in [0.5, 0.6) is 0 Å². The Balaban J connectivity index is 1.86. The van der Waals surface area contributed by atoms with Crippen molar-refractivity contribution in [2.45, 2.75) is 0 Å². The largest absolute Gasteiger partial charge is 0.399 e. The fourth-order valence-electron chi connectivity index (χ4n) is 4.56. The number of hydrogen-bond acceptors (Lipinski definition) is 1. The summed E-state index contributed by atoms with van der Waals surface area (Å²) in [5.41, 5.74) is 9.14. The van der Waals surface area contributed by atoms with Gasteiger partial charge in [0.2, 0.25) is 0 Å². The summed E-state index contributed by atoms with van der Waals surface area (Å²) in [6.07, 6.45) is 0. The van der Waals surface area contributed by atoms with Crippen LogP contribution in [0.1, 0.15) is 0 Å². The molecule has 0 saturated carbocycles. The summed E-state index contributed by atoms with van der Waals surface area (Å²) in [5, 5.41) is 10.6. The molecule has 27 heavy (non-hydrogen) atoms. The lowest BCUT2D eigenvalue weighted by atomic mass is 9.87. The van der Waals surface area contributed by atoms with E-state index in [2.05, 4.69) is 78.9 Å². The minimum Gasteiger partial charge on any atom is -0.399 e. The highest BCUT2D eigenvalue weighted by Crippen LogP contribution is 2.42. The lowest BCUT2D eigenvalue weighted by molar-refractivity contribution is 1.65. The van der Waals surface area contributed by atoms with E-state index >= 15 is 0 Å². The third kappa shape index (κ3) is 1.94. The molecule has 0 aliphatic rings. The van der Waals surface area contributed by atoms with Gasteiger partial charge in [-0.3, -0.25) is 0 Å². The van der Waals surface area contributed by atoms with Crippen LogP contribution in [-0.2, 0) is 0 Å². The Morgan fingerprint density at radius 1 is 0.444 bits per heavy atom. The van der Waals surface area contributed by atoms with Gasteiger partial charge in [0.05, 0.1) is 0 Å². The van der Waals surface area contributed by atoms with E-state index < -0.39 is 0 Å². The lowest BCUT2D eigenvalue weighted by Crippen LogP contribution is -1.89. The standard InChI is InChI=1S/C26H17N/c27-18-12-10-16(11-13-18)19-14-15-24-22-7-2-5-17-4-1-6-21(25(17)22)23-9-3-8-20(19)26(23)24/h1-15H,27H2. The summed E-state index contributed by atoms with van der Waals surface area (Å²) < 4.78 is 0. The maximum atomic E-state index is 5.89. The van der Waals surface area contributed by atoms with Crippen molar-refractivity contribution >= 4 is 48.8 Å². The van der Waals surface area contributed by atoms with Crippen LogP contribution >= 0.6 is 0 Å². The highest BCUT2D eigenvalue weighted by molar-refractivity contribution is 6.34. The molecular weight excluding hydrogens is 326 g/mol. The molecule has 0 aliphatic carbocycles. The fourth-order valence-corrected chi connectivity index (χ4v) is 4.56. The first-order valence-electron chi connectivity index (χ1n) is 9.25. The van der Waals surface area contributed by atoms with E-state index in [-0.39, 0.29) is 0 Å². The quantitative estimate of drug-likeness (QED) is 0.194. The van der Waals surface area contributed by atoms with Gasteiger partial charge in [0, 0.05) is 5.69 Å². The molecule has 6 aromatic rings. The number of nitrogen functional groups attached to an aromatic ring is 1. The molecule has 0 amide bonds. The van der Waals surface area contributed by atoms with Crippen molar-refractivity contribution < 1.29 is 0 Å². The van der Waals surface area contributed by atoms with Crippen LogP contribution in [0.25, 0.3) is 54.2 Å². The maximum absolute atomic E-state index is 5.89. The van der Waals surface area contributed by atoms with Crippen molar-refractivity contribution in [3.05, 3.63) is 91.0 Å². The Kier molecular flexibility index (Phi) is 2.81. The zero-order valence-corrected chi connectivity index (χ0v) is 14.7. The van der Waals surface area contributed by atoms with Crippen molar-refractivity contribution in [2.24, 2.45) is 0 Å². The van der Waals surface area contributed by atoms with Crippen molar-refractivity contribution in [1.82, 2.24) is 0 Å². The van der Waals surface area contributed by atoms with E-state index in [0.29, 0.717) is 0 Å². The van der Waals surface area contributed by atoms with E-state index in [0.717, 1.165) is 5.69 Å². The summed E-state index contributed by atoms with van der Waals surface area (Å²) >= 11 is 0. The Bertz CT molecular complexity index is 1410. The molecule has 0 atom stereocenters. The van der Waals surface area contributed by atoms with E-state index in [4.69, 9.17) is 5.73 Å². The summed E-state index contributed by atoms with van der Waals surface area (Å²) in [7, 11) is 0. The first-order valence-corrected chi connectivity index (χ1v) is 9.25. The highest BCUT2D eigenvalue weighted by atomic mass is 14.5. The number of rotatable bonds is 1. The zero-order valence-electron chi connectivity index (χ0n) is 14.7. The molecule has 0 spiro atoms. The van der Waals surface area contributed by atoms with Crippen molar-refractivity contribution in [1.29, 1.82) is 0 Å². The predicted molar refractivity (Wildman–Crippen MR) is 118 cm³/mol. The molecule has 6 aromatic carbocycles. The molecule has 2 N–H and O–H groups in total. The molecule has 0 saturated heterocycles. The van der Waals surface area contributed by atoms with E-state index in [1.54, 1.807) is 0 Å². The Morgan fingerprint density at radius 2 is 1.00 bits per heavy atom. The molecule has 0 heterocycles. The van der Waals surface area contributed by atoms with Gasteiger partial charge in [0.25, 0.3) is 0 Å². The third-order valence-electron chi connectivity index (χ3n) is 5.75. The van der Waals surface area contributed by atoms with Crippen molar-refractivity contribution in [2.75, 3.05) is 5.73 Å². The minimum absolute atomic E-state index is 0.794. The van der Waals surface area contributed by atoms with Crippen LogP contribution in [0.2, 0.25) is 0 Å². The number of hydrogen-bond donors (Lipinski definition) is 1. The van der Waals surface area contributed by atoms with Crippen molar-refractivity contribution in [3.63, 3.8) is 0 Å². The maximum Gasteiger partial charge on any atom is 0.0314 e. The molecule has 126 valence electrons. The van der Waals surface area contributed by atoms with Gasteiger partial charge in [0.1, 0.15) is 0 Å². The Morgan fingerprint density at radius 3 is 1.70 bits per heavy atom. The van der Waals surface area contributed by atoms with Gasteiger partial charge >= 0.3 is 0 Å². The van der Waals surface area contributed by atoms with Crippen LogP contribution in [0, 0.1) is 0 Å². The summed E-state index contributed by atoms with van der Waals surface area (Å²) in [5.74, 6) is 0. The molecule has 0 radical (unpaired) electrons. The molecular formula is C26H17N. The van der Waals surface area contributed by atoms with E-state index in [9.17, 15) is 0 Å². The van der Waals surface area contributed by atoms with Crippen LogP contribution in [0.4, 0.5) is 5.69 Å². The average Bonchev–Trinajstić information content (AvgIpc) is 2.72. The molecule has 0 fully saturated rings. The molecule has 1 nitrogen and oxygen atoms in total. The van der Waals surface area contributed by atoms with Gasteiger partial charge in [-0.1, -0.05) is 78.9 Å². The van der Waals surface area contributed by atoms with Gasteiger partial charge in [-0.2, -0.15) is 0 Å². The molecule has 0 bridgehead atoms. The number of nitrogens with two attached hydrogens (primary N) is 1. The number of fused-ring (bicyclic) bond motifs is 2. The second-order valence-corrected chi connectivity index (χ2v) is 7.22. The summed E-state index contributed by atoms with van der Waals surface area (Å²) in [4.78, 5) is 0. The monoisotopic (exact) mass is 343 g/mol. The molecule has 6 rings (SSSR count). The number of anilines is 1. The van der Waals surface area contributed by atoms with Crippen molar-refractivity contribution in [3.8, 4) is 11.1 Å². The van der Waals surface area contributed by atoms with Gasteiger partial charge in [0.15, 0.2) is 0 Å². The Hall–Kier alpha value is -3.58. The van der Waals surface area contributed by atoms with Crippen LogP contribution in [0.3, 0.4) is 0 Å². The molecule has 0 unspecified atom stereocenters. The van der Waals surface area contributed by atoms with Crippen LogP contribution in [0.15, 0.2) is 91.0 Å². The topological polar surface area (TPSA) is 26.0 Å². The van der Waals surface area contributed by atoms with Gasteiger partial charge in [-0.05, 0) is 66.3 Å². The lowest BCUT2D eigenvalue weighted by Gasteiger charge is -2.16. The smallest absolute Gasteiger partial charge is 0.0314 e. The van der Waals surface area contributed by atoms with E-state index in [1.165, 1.54) is 54.2 Å². The third-order valence-corrected chi connectivity index (χ3v) is 5.75. The highest BCUT2D eigenvalue weighted by Gasteiger charge is 2.14. The SMILES string of the molecule is Nc1ccc(-c2ccc3c4cccc5cccc(c6cccc2c63)c54)cc1. The summed E-state index contributed by atoms with van der Waals surface area (Å²) in [6.45, 7) is 0. The average molecular weight is 343 g/mol. The Labute approximate surface area is 157 Å². The van der Waals surface area contributed by atoms with Gasteiger partial charge in [-0.15, -0.1) is 0 Å². The first kappa shape index (κ1) is 14.6. The van der Waals surface area contributed by atoms with Crippen LogP contribution in [-0.4, -0.2) is 0 Å². The minimum atomic E-state index is 0.794. The molecule has 1 heteroatoms. The zero-order chi connectivity index (χ0) is 18.0. The molecule has 0 aliphatic heterocycles. The second-order valence-electron chi connectivity index (χ2n) is 7.22. The molecule has 0 aromatic heterocycles.